The Hall–Kier alpha value is -4.55. The van der Waals surface area contributed by atoms with Gasteiger partial charge in [-0.2, -0.15) is 0 Å². The van der Waals surface area contributed by atoms with E-state index in [1.165, 1.54) is 23.8 Å². The summed E-state index contributed by atoms with van der Waals surface area (Å²) in [6, 6.07) is 12.3. The Labute approximate surface area is 248 Å². The lowest BCUT2D eigenvalue weighted by Crippen LogP contribution is -2.46. The summed E-state index contributed by atoms with van der Waals surface area (Å²) in [5.74, 6) is 0.124. The maximum Gasteiger partial charge on any atom is 0.324 e. The van der Waals surface area contributed by atoms with Crippen molar-refractivity contribution in [1.29, 1.82) is 0 Å². The van der Waals surface area contributed by atoms with Crippen molar-refractivity contribution >= 4 is 57.6 Å². The second kappa shape index (κ2) is 12.4. The quantitative estimate of drug-likeness (QED) is 0.186. The first-order valence-electron chi connectivity index (χ1n) is 13.0. The van der Waals surface area contributed by atoms with Crippen LogP contribution in [-0.2, 0) is 20.8 Å². The van der Waals surface area contributed by atoms with Crippen molar-refractivity contribution in [2.24, 2.45) is 5.73 Å². The van der Waals surface area contributed by atoms with Gasteiger partial charge >= 0.3 is 6.03 Å². The van der Waals surface area contributed by atoms with Crippen molar-refractivity contribution in [3.05, 3.63) is 54.9 Å². The molecule has 43 heavy (non-hydrogen) atoms. The lowest BCUT2D eigenvalue weighted by molar-refractivity contribution is -0.132. The summed E-state index contributed by atoms with van der Waals surface area (Å²) in [4.78, 5) is 36.6. The fourth-order valence-corrected chi connectivity index (χ4v) is 5.52. The van der Waals surface area contributed by atoms with Gasteiger partial charge in [-0.05, 0) is 49.4 Å². The standard InChI is InChI=1S/C26H30N8O8S/c1-3-32-13-33(25-20(36)19(35)21(42-25)22(27)37)24-18(32)23(28-12-29-24)31-26(38)30-14-5-4-6-16(11-14)34(43(39)40)15-7-9-17(41-2)10-8-15/h4-12,19-21,25,35-36H,3,13H2,1-2H3,(H2,27,37)(H,39,40)(H2,28,29,30,31,38)/t19-,20+,21-,25+/m0/s1. The van der Waals surface area contributed by atoms with Crippen LogP contribution >= 0.6 is 0 Å². The SMILES string of the molecule is CCN1CN([C@@H]2O[C@H](C(N)=O)[C@@H](O)[C@H]2O)c2ncnc(NC(=O)Nc3cccc(N(c4ccc(OC)cc4)S(=O)O)c3)c21. The zero-order chi connectivity index (χ0) is 30.8. The number of primary amides is 1. The largest absolute Gasteiger partial charge is 0.497 e. The van der Waals surface area contributed by atoms with E-state index >= 15 is 0 Å². The molecule has 1 saturated heterocycles. The van der Waals surface area contributed by atoms with Gasteiger partial charge in [-0.15, -0.1) is 0 Å². The van der Waals surface area contributed by atoms with Crippen molar-refractivity contribution in [3.8, 4) is 5.75 Å². The van der Waals surface area contributed by atoms with Crippen molar-refractivity contribution in [2.75, 3.05) is 45.1 Å². The number of hydrogen-bond acceptors (Lipinski definition) is 11. The number of aliphatic hydroxyl groups excluding tert-OH is 2. The Bertz CT molecular complexity index is 1530. The highest BCUT2D eigenvalue weighted by Crippen LogP contribution is 2.42. The number of nitrogens with zero attached hydrogens (tertiary/aromatic N) is 5. The van der Waals surface area contributed by atoms with E-state index in [2.05, 4.69) is 20.6 Å². The number of rotatable bonds is 9. The summed E-state index contributed by atoms with van der Waals surface area (Å²) < 4.78 is 34.1. The minimum absolute atomic E-state index is 0.152. The number of urea groups is 1. The summed E-state index contributed by atoms with van der Waals surface area (Å²) >= 11 is -2.42. The van der Waals surface area contributed by atoms with Crippen LogP contribution in [0.2, 0.25) is 0 Å². The van der Waals surface area contributed by atoms with E-state index in [0.717, 1.165) is 0 Å². The molecule has 5 atom stereocenters. The van der Waals surface area contributed by atoms with E-state index in [1.807, 2.05) is 11.8 Å². The first-order valence-corrected chi connectivity index (χ1v) is 14.1. The van der Waals surface area contributed by atoms with E-state index in [4.69, 9.17) is 15.2 Å². The number of nitrogens with two attached hydrogens (primary N) is 1. The molecule has 0 saturated carbocycles. The molecule has 0 spiro atoms. The van der Waals surface area contributed by atoms with Crippen molar-refractivity contribution < 1.29 is 38.0 Å². The van der Waals surface area contributed by atoms with Gasteiger partial charge < -0.3 is 40.5 Å². The van der Waals surface area contributed by atoms with Crippen LogP contribution in [-0.4, -0.2) is 85.7 Å². The Kier molecular flexibility index (Phi) is 8.60. The van der Waals surface area contributed by atoms with Gasteiger partial charge in [-0.25, -0.2) is 23.3 Å². The van der Waals surface area contributed by atoms with Crippen LogP contribution in [0.4, 0.5) is 39.2 Å². The van der Waals surface area contributed by atoms with Crippen LogP contribution in [0.1, 0.15) is 6.92 Å². The molecule has 7 N–H and O–H groups in total. The molecule has 1 aromatic heterocycles. The average Bonchev–Trinajstić information content (AvgIpc) is 3.51. The topological polar surface area (TPSA) is 216 Å². The monoisotopic (exact) mass is 614 g/mol. The number of benzene rings is 2. The molecule has 1 unspecified atom stereocenters. The summed E-state index contributed by atoms with van der Waals surface area (Å²) in [5, 5.41) is 26.2. The van der Waals surface area contributed by atoms with Gasteiger partial charge in [0.25, 0.3) is 11.3 Å². The number of methoxy groups -OCH3 is 1. The molecule has 16 nitrogen and oxygen atoms in total. The second-order valence-electron chi connectivity index (χ2n) is 9.55. The van der Waals surface area contributed by atoms with Crippen LogP contribution in [0.3, 0.4) is 0 Å². The number of hydrogen-bond donors (Lipinski definition) is 6. The predicted molar refractivity (Wildman–Crippen MR) is 157 cm³/mol. The first-order chi connectivity index (χ1) is 20.6. The number of aromatic nitrogens is 2. The summed E-state index contributed by atoms with van der Waals surface area (Å²) in [6.45, 7) is 2.48. The minimum atomic E-state index is -2.42. The normalized spacial score (nSPS) is 21.7. The molecule has 17 heteroatoms. The molecule has 2 aliphatic rings. The molecule has 2 aliphatic heterocycles. The maximum atomic E-state index is 13.1. The molecule has 5 rings (SSSR count). The molecule has 3 heterocycles. The number of fused-ring (bicyclic) bond motifs is 1. The predicted octanol–water partition coefficient (Wildman–Crippen LogP) is 0.940. The number of carbonyl (C=O) groups is 2. The highest BCUT2D eigenvalue weighted by molar-refractivity contribution is 7.81. The number of ether oxygens (including phenoxy) is 2. The average molecular weight is 615 g/mol. The third-order valence-electron chi connectivity index (χ3n) is 6.96. The number of amides is 3. The number of aliphatic hydroxyl groups is 2. The Balaban J connectivity index is 1.35. The summed E-state index contributed by atoms with van der Waals surface area (Å²) in [6.07, 6.45) is -4.29. The molecule has 0 bridgehead atoms. The van der Waals surface area contributed by atoms with Crippen molar-refractivity contribution in [3.63, 3.8) is 0 Å². The van der Waals surface area contributed by atoms with E-state index in [0.29, 0.717) is 40.9 Å². The second-order valence-corrected chi connectivity index (χ2v) is 10.4. The zero-order valence-electron chi connectivity index (χ0n) is 23.0. The third-order valence-corrected chi connectivity index (χ3v) is 7.69. The van der Waals surface area contributed by atoms with Crippen LogP contribution < -0.4 is 35.2 Å². The zero-order valence-corrected chi connectivity index (χ0v) is 23.8. The van der Waals surface area contributed by atoms with Crippen LogP contribution in [0.25, 0.3) is 0 Å². The van der Waals surface area contributed by atoms with Crippen molar-refractivity contribution in [2.45, 2.75) is 31.5 Å². The first kappa shape index (κ1) is 29.9. The highest BCUT2D eigenvalue weighted by Gasteiger charge is 2.50. The van der Waals surface area contributed by atoms with Gasteiger partial charge in [0.05, 0.1) is 25.2 Å². The smallest absolute Gasteiger partial charge is 0.324 e. The fraction of sp³-hybridized carbons (Fsp3) is 0.308. The Morgan fingerprint density at radius 3 is 2.51 bits per heavy atom. The molecule has 228 valence electrons. The Morgan fingerprint density at radius 1 is 1.14 bits per heavy atom. The number of anilines is 6. The van der Waals surface area contributed by atoms with Gasteiger partial charge in [0.1, 0.15) is 30.0 Å². The van der Waals surface area contributed by atoms with Gasteiger partial charge in [0.15, 0.2) is 24.0 Å². The molecule has 2 aromatic carbocycles. The fourth-order valence-electron chi connectivity index (χ4n) is 4.92. The van der Waals surface area contributed by atoms with Crippen molar-refractivity contribution in [1.82, 2.24) is 9.97 Å². The molecule has 3 amide bonds. The molecular weight excluding hydrogens is 584 g/mol. The van der Waals surface area contributed by atoms with Gasteiger partial charge in [0.2, 0.25) is 5.91 Å². The molecule has 1 fully saturated rings. The van der Waals surface area contributed by atoms with Crippen LogP contribution in [0, 0.1) is 0 Å². The Morgan fingerprint density at radius 2 is 1.88 bits per heavy atom. The minimum Gasteiger partial charge on any atom is -0.497 e. The lowest BCUT2D eigenvalue weighted by atomic mass is 10.1. The van der Waals surface area contributed by atoms with E-state index < -0.39 is 47.7 Å². The molecular formula is C26H30N8O8S. The van der Waals surface area contributed by atoms with Crippen LogP contribution in [0.15, 0.2) is 54.9 Å². The van der Waals surface area contributed by atoms with Crippen LogP contribution in [0.5, 0.6) is 5.75 Å². The molecule has 0 aliphatic carbocycles. The molecule has 0 radical (unpaired) electrons. The van der Waals surface area contributed by atoms with E-state index in [-0.39, 0.29) is 12.5 Å². The lowest BCUT2D eigenvalue weighted by Gasteiger charge is -2.27. The van der Waals surface area contributed by atoms with Gasteiger partial charge in [-0.1, -0.05) is 6.07 Å². The number of carbonyl (C=O) groups excluding carboxylic acids is 2. The summed E-state index contributed by atoms with van der Waals surface area (Å²) in [5.41, 5.74) is 6.83. The van der Waals surface area contributed by atoms with Gasteiger partial charge in [-0.3, -0.25) is 14.7 Å². The highest BCUT2D eigenvalue weighted by atomic mass is 32.2. The third kappa shape index (κ3) is 5.88. The molecule has 3 aromatic rings. The van der Waals surface area contributed by atoms with Gasteiger partial charge in [0, 0.05) is 12.2 Å². The number of nitrogens with one attached hydrogen (secondary N) is 2. The van der Waals surface area contributed by atoms with E-state index in [9.17, 15) is 28.6 Å². The van der Waals surface area contributed by atoms with E-state index in [1.54, 1.807) is 47.4 Å². The summed E-state index contributed by atoms with van der Waals surface area (Å²) in [7, 11) is 1.52. The maximum absolute atomic E-state index is 13.1.